The van der Waals surface area contributed by atoms with Crippen LogP contribution in [-0.4, -0.2) is 140 Å². The molecule has 0 unspecified atom stereocenters. The number of halogens is 1. The molecule has 10 N–H and O–H groups in total. The summed E-state index contributed by atoms with van der Waals surface area (Å²) in [6, 6.07) is 13.8. The normalized spacial score (nSPS) is 12.7. The Bertz CT molecular complexity index is 4940. The average Bonchev–Trinajstić information content (AvgIpc) is 1.54. The summed E-state index contributed by atoms with van der Waals surface area (Å²) in [5, 5.41) is 51.2. The largest absolute Gasteiger partial charge is 0.495 e. The van der Waals surface area contributed by atoms with Gasteiger partial charge in [0.2, 0.25) is 17.7 Å². The summed E-state index contributed by atoms with van der Waals surface area (Å²) in [5.74, 6) is -5.77. The van der Waals surface area contributed by atoms with Crippen LogP contribution < -0.4 is 25.8 Å². The quantitative estimate of drug-likeness (QED) is 0.00910. The number of carbonyl (C=O) groups is 3. The van der Waals surface area contributed by atoms with Crippen LogP contribution in [0.25, 0.3) is 16.7 Å². The van der Waals surface area contributed by atoms with Crippen molar-refractivity contribution in [1.82, 2.24) is 9.38 Å². The maximum atomic E-state index is 13.1. The van der Waals surface area contributed by atoms with Crippen LogP contribution >= 0.6 is 35.1 Å². The second kappa shape index (κ2) is 30.0. The molecule has 0 aliphatic carbocycles. The van der Waals surface area contributed by atoms with Gasteiger partial charge in [-0.1, -0.05) is 11.6 Å². The van der Waals surface area contributed by atoms with E-state index in [-0.39, 0.29) is 136 Å². The van der Waals surface area contributed by atoms with E-state index < -0.39 is 119 Å². The number of fused-ring (bicyclic) bond motifs is 3. The molecule has 94 heavy (non-hydrogen) atoms. The van der Waals surface area contributed by atoms with Crippen LogP contribution in [0.1, 0.15) is 54.6 Å². The number of nitrogens with two attached hydrogens (primary N) is 1. The van der Waals surface area contributed by atoms with Crippen LogP contribution in [-0.2, 0) is 60.2 Å². The van der Waals surface area contributed by atoms with Gasteiger partial charge in [-0.25, -0.2) is 4.98 Å². The van der Waals surface area contributed by atoms with Gasteiger partial charge in [-0.15, -0.1) is 54.2 Å². The maximum Gasteiger partial charge on any atom is 0.300 e. The molecular formula is C52H54ClN13O21S7. The van der Waals surface area contributed by atoms with E-state index in [2.05, 4.69) is 56.5 Å². The zero-order chi connectivity index (χ0) is 69.4. The first kappa shape index (κ1) is 73.2. The summed E-state index contributed by atoms with van der Waals surface area (Å²) >= 11 is 7.96. The number of methoxy groups -OCH3 is 1. The zero-order valence-electron chi connectivity index (χ0n) is 49.3. The van der Waals surface area contributed by atoms with Crippen molar-refractivity contribution in [2.24, 2.45) is 46.6 Å². The number of thioether (sulfide) groups is 2. The minimum absolute atomic E-state index is 0.00208. The van der Waals surface area contributed by atoms with Crippen molar-refractivity contribution in [1.29, 1.82) is 0 Å². The molecular weight excluding hydrogens is 1400 g/mol. The summed E-state index contributed by atoms with van der Waals surface area (Å²) in [4.78, 5) is 41.7. The van der Waals surface area contributed by atoms with Crippen molar-refractivity contribution in [2.45, 2.75) is 66.5 Å². The minimum Gasteiger partial charge on any atom is -0.495 e. The first-order valence-electron chi connectivity index (χ1n) is 26.6. The number of azo groups is 4. The van der Waals surface area contributed by atoms with Gasteiger partial charge in [0, 0.05) is 29.7 Å². The number of amides is 3. The number of hydrogen-bond donors (Lipinski definition) is 9. The number of aromatic hydroxyl groups is 1. The van der Waals surface area contributed by atoms with E-state index in [0.717, 1.165) is 61.0 Å². The molecule has 0 atom stereocenters. The molecule has 2 heterocycles. The molecule has 7 rings (SSSR count). The van der Waals surface area contributed by atoms with Gasteiger partial charge in [-0.2, -0.15) is 52.3 Å². The molecule has 5 aromatic carbocycles. The monoisotopic (exact) mass is 1460 g/mol. The zero-order valence-corrected chi connectivity index (χ0v) is 55.8. The molecule has 0 saturated carbocycles. The van der Waals surface area contributed by atoms with Gasteiger partial charge in [0.15, 0.2) is 10.5 Å². The SMILES string of the molecule is COc1ccc2nc3c(C(N)=O)c(C)c(N=Nc4cc(C)c(N=Nc5cc(NC(C)=O)c(N=Nc6cc(NC(C)=O)c(N=Nc7ccc(Cl)c(S(=O)(=O)O)c7)cc6SCCCS(=O)(=O)O)cc5SCCCS(=O)(=O)O)cc4OCCCS(=O)(=O)O)c(O)n3c2c1S(=O)(=O)O. The van der Waals surface area contributed by atoms with Crippen LogP contribution in [0.3, 0.4) is 0 Å². The molecule has 0 fully saturated rings. The highest BCUT2D eigenvalue weighted by Crippen LogP contribution is 2.47. The lowest BCUT2D eigenvalue weighted by Gasteiger charge is -2.14. The Morgan fingerprint density at radius 1 is 0.617 bits per heavy atom. The minimum atomic E-state index is -5.13. The number of nitrogens with zero attached hydrogens (tertiary/aromatic N) is 10. The molecule has 34 nitrogen and oxygen atoms in total. The molecule has 42 heteroatoms. The van der Waals surface area contributed by atoms with Crippen molar-refractivity contribution < 1.29 is 93.8 Å². The van der Waals surface area contributed by atoms with E-state index in [1.54, 1.807) is 0 Å². The number of hydrogen-bond acceptors (Lipinski definition) is 27. The number of aromatic nitrogens is 2. The van der Waals surface area contributed by atoms with Crippen molar-refractivity contribution in [3.63, 3.8) is 0 Å². The van der Waals surface area contributed by atoms with Gasteiger partial charge in [0.1, 0.15) is 56.0 Å². The number of primary amides is 1. The molecule has 0 radical (unpaired) electrons. The van der Waals surface area contributed by atoms with Gasteiger partial charge in [0.05, 0.1) is 69.8 Å². The van der Waals surface area contributed by atoms with Crippen molar-refractivity contribution in [3.8, 4) is 17.4 Å². The number of pyridine rings is 1. The van der Waals surface area contributed by atoms with Crippen LogP contribution in [0.4, 0.5) is 56.9 Å². The fraction of sp³-hybridized carbons (Fsp3) is 0.269. The van der Waals surface area contributed by atoms with Crippen LogP contribution in [0, 0.1) is 13.8 Å². The lowest BCUT2D eigenvalue weighted by atomic mass is 10.1. The summed E-state index contributed by atoms with van der Waals surface area (Å²) in [5.41, 5.74) is 3.73. The van der Waals surface area contributed by atoms with E-state index in [4.69, 9.17) is 26.8 Å². The average molecular weight is 1460 g/mol. The molecule has 502 valence electrons. The van der Waals surface area contributed by atoms with Gasteiger partial charge in [-0.3, -0.25) is 41.5 Å². The fourth-order valence-corrected chi connectivity index (χ4v) is 14.2. The Hall–Kier alpha value is -8.20. The predicted octanol–water partition coefficient (Wildman–Crippen LogP) is 11.0. The number of imidazole rings is 1. The third-order valence-electron chi connectivity index (χ3n) is 12.6. The van der Waals surface area contributed by atoms with Gasteiger partial charge in [0.25, 0.3) is 56.5 Å². The van der Waals surface area contributed by atoms with Crippen molar-refractivity contribution >= 4 is 177 Å². The second-order valence-corrected chi connectivity index (χ2v) is 29.9. The number of nitrogens with one attached hydrogen (secondary N) is 2. The molecule has 0 aliphatic rings. The first-order valence-corrected chi connectivity index (χ1v) is 36.6. The van der Waals surface area contributed by atoms with Crippen molar-refractivity contribution in [2.75, 3.05) is 53.1 Å². The lowest BCUT2D eigenvalue weighted by molar-refractivity contribution is -0.115. The Balaban J connectivity index is 1.36. The highest BCUT2D eigenvalue weighted by molar-refractivity contribution is 7.99. The fourth-order valence-electron chi connectivity index (χ4n) is 8.54. The topological polar surface area (TPSA) is 528 Å². The summed E-state index contributed by atoms with van der Waals surface area (Å²) in [6.07, 6.45) is -0.480. The Morgan fingerprint density at radius 2 is 1.13 bits per heavy atom. The standard InChI is InChI=1S/C52H54ClN13O21S7/c1-26-19-38(62-65-47-27(2)46(50(54)69)51-57-32-11-12-41(86-5)49(94(83,84)85)48(32)66(51)52(47)70)42(87-13-6-16-90(71,72)73)23-33(26)59-63-39-22-35(56-29(4)68)37(25-44(39)89-15-8-18-92(77,78)79)61-64-40-21-34(55-28(3)67)36(24-43(40)88-14-7-17-91(74,75)76)60-58-30-9-10-31(53)45(20-30)93(80,81)82/h9-12,19-25,70H,6-8,13-18H2,1-5H3,(H2,54,69)(H,55,67)(H,56,68)(H,71,72,73)(H,74,75,76)(H,77,78,79)(H,80,81,82)(H,83,84,85). The van der Waals surface area contributed by atoms with Crippen molar-refractivity contribution in [3.05, 3.63) is 88.4 Å². The van der Waals surface area contributed by atoms with E-state index in [1.807, 2.05) is 0 Å². The van der Waals surface area contributed by atoms with Gasteiger partial charge >= 0.3 is 0 Å². The van der Waals surface area contributed by atoms with Crippen LogP contribution in [0.2, 0.25) is 5.02 Å². The Kier molecular flexibility index (Phi) is 23.4. The third-order valence-corrected chi connectivity index (χ3v) is 19.5. The first-order chi connectivity index (χ1) is 43.8. The number of aryl methyl sites for hydroxylation is 1. The Labute approximate surface area is 548 Å². The highest BCUT2D eigenvalue weighted by atomic mass is 35.5. The second-order valence-electron chi connectivity index (χ2n) is 19.7. The maximum absolute atomic E-state index is 13.1. The predicted molar refractivity (Wildman–Crippen MR) is 345 cm³/mol. The number of benzene rings is 5. The van der Waals surface area contributed by atoms with E-state index >= 15 is 0 Å². The highest BCUT2D eigenvalue weighted by Gasteiger charge is 2.30. The van der Waals surface area contributed by atoms with E-state index in [1.165, 1.54) is 68.4 Å². The lowest BCUT2D eigenvalue weighted by Crippen LogP contribution is -2.15. The molecule has 7 aromatic rings. The molecule has 0 spiro atoms. The smallest absolute Gasteiger partial charge is 0.300 e. The molecule has 3 amide bonds. The number of ether oxygens (including phenoxy) is 2. The van der Waals surface area contributed by atoms with Crippen LogP contribution in [0.5, 0.6) is 17.4 Å². The summed E-state index contributed by atoms with van der Waals surface area (Å²) in [7, 11) is -22.1. The third kappa shape index (κ3) is 19.5. The van der Waals surface area contributed by atoms with Gasteiger partial charge in [-0.05, 0) is 116 Å². The summed E-state index contributed by atoms with van der Waals surface area (Å²) < 4.78 is 180. The molecule has 0 bridgehead atoms. The molecule has 2 aromatic heterocycles. The molecule has 0 saturated heterocycles. The molecule has 0 aliphatic heterocycles. The number of carbonyl (C=O) groups excluding carboxylic acids is 3. The van der Waals surface area contributed by atoms with Gasteiger partial charge < -0.3 is 30.9 Å². The number of rotatable bonds is 29. The van der Waals surface area contributed by atoms with E-state index in [0.29, 0.717) is 0 Å². The summed E-state index contributed by atoms with van der Waals surface area (Å²) in [6.45, 7) is 4.79. The van der Waals surface area contributed by atoms with E-state index in [9.17, 15) is 84.3 Å². The number of anilines is 2. The van der Waals surface area contributed by atoms with Crippen LogP contribution in [0.15, 0.2) is 127 Å². The Morgan fingerprint density at radius 3 is 1.63 bits per heavy atom.